The van der Waals surface area contributed by atoms with Gasteiger partial charge in [-0.2, -0.15) is 0 Å². The second-order valence-corrected chi connectivity index (χ2v) is 4.35. The third kappa shape index (κ3) is 5.77. The Kier molecular flexibility index (Phi) is 4.87. The largest absolute Gasteiger partial charge is 0.444 e. The first kappa shape index (κ1) is 13.2. The Morgan fingerprint density at radius 2 is 1.79 bits per heavy atom. The maximum Gasteiger partial charge on any atom is 0.407 e. The van der Waals surface area contributed by atoms with E-state index in [0.29, 0.717) is 0 Å². The Morgan fingerprint density at radius 1 is 1.29 bits per heavy atom. The van der Waals surface area contributed by atoms with Crippen molar-refractivity contribution < 1.29 is 14.7 Å². The number of hydrogen-bond donors (Lipinski definition) is 3. The van der Waals surface area contributed by atoms with Gasteiger partial charge in [0.15, 0.2) is 0 Å². The van der Waals surface area contributed by atoms with Crippen molar-refractivity contribution in [3.63, 3.8) is 0 Å². The highest BCUT2D eigenvalue weighted by Crippen LogP contribution is 2.06. The SMILES string of the molecule is CC(NO)C(C)NC(=O)OC(C)(C)C. The summed E-state index contributed by atoms with van der Waals surface area (Å²) in [6.45, 7) is 8.92. The van der Waals surface area contributed by atoms with Crippen LogP contribution in [0.2, 0.25) is 0 Å². The lowest BCUT2D eigenvalue weighted by molar-refractivity contribution is 0.0467. The van der Waals surface area contributed by atoms with Gasteiger partial charge in [0.25, 0.3) is 0 Å². The molecule has 84 valence electrons. The van der Waals surface area contributed by atoms with Crippen LogP contribution in [0.5, 0.6) is 0 Å². The minimum absolute atomic E-state index is 0.199. The average molecular weight is 204 g/mol. The number of rotatable bonds is 3. The van der Waals surface area contributed by atoms with E-state index in [1.807, 2.05) is 0 Å². The van der Waals surface area contributed by atoms with Gasteiger partial charge in [-0.25, -0.2) is 10.3 Å². The highest BCUT2D eigenvalue weighted by Gasteiger charge is 2.19. The number of alkyl carbamates (subject to hydrolysis) is 1. The first-order chi connectivity index (χ1) is 6.26. The molecule has 2 atom stereocenters. The van der Waals surface area contributed by atoms with E-state index in [0.717, 1.165) is 0 Å². The normalized spacial score (nSPS) is 15.9. The monoisotopic (exact) mass is 204 g/mol. The summed E-state index contributed by atoms with van der Waals surface area (Å²) in [5, 5.41) is 11.2. The van der Waals surface area contributed by atoms with Crippen LogP contribution in [-0.2, 0) is 4.74 Å². The summed E-state index contributed by atoms with van der Waals surface area (Å²) < 4.78 is 5.04. The number of carbonyl (C=O) groups is 1. The molecule has 14 heavy (non-hydrogen) atoms. The van der Waals surface area contributed by atoms with Gasteiger partial charge in [0.1, 0.15) is 5.60 Å². The Balaban J connectivity index is 3.95. The number of hydrogen-bond acceptors (Lipinski definition) is 4. The third-order valence-corrected chi connectivity index (χ3v) is 1.70. The molecule has 0 bridgehead atoms. The van der Waals surface area contributed by atoms with Crippen molar-refractivity contribution in [1.29, 1.82) is 0 Å². The molecule has 5 heteroatoms. The molecule has 0 aromatic heterocycles. The van der Waals surface area contributed by atoms with Crippen molar-refractivity contribution in [2.24, 2.45) is 0 Å². The molecule has 0 saturated heterocycles. The maximum absolute atomic E-state index is 11.2. The predicted octanol–water partition coefficient (Wildman–Crippen LogP) is 1.27. The molecule has 1 amide bonds. The molecule has 0 aliphatic carbocycles. The molecule has 0 aliphatic rings. The smallest absolute Gasteiger partial charge is 0.407 e. The average Bonchev–Trinajstić information content (AvgIpc) is 1.99. The molecule has 0 radical (unpaired) electrons. The second-order valence-electron chi connectivity index (χ2n) is 4.35. The molecule has 3 N–H and O–H groups in total. The summed E-state index contributed by atoms with van der Waals surface area (Å²) in [6, 6.07) is -0.419. The van der Waals surface area contributed by atoms with Gasteiger partial charge in [0.05, 0.1) is 0 Å². The zero-order valence-electron chi connectivity index (χ0n) is 9.42. The van der Waals surface area contributed by atoms with Crippen LogP contribution in [0.15, 0.2) is 0 Å². The topological polar surface area (TPSA) is 70.6 Å². The molecular formula is C9H20N2O3. The number of hydroxylamine groups is 1. The maximum atomic E-state index is 11.2. The van der Waals surface area contributed by atoms with Crippen molar-refractivity contribution in [3.05, 3.63) is 0 Å². The number of carbonyl (C=O) groups excluding carboxylic acids is 1. The second kappa shape index (κ2) is 5.17. The molecule has 0 aromatic carbocycles. The lowest BCUT2D eigenvalue weighted by atomic mass is 10.2. The summed E-state index contributed by atoms with van der Waals surface area (Å²) in [6.07, 6.45) is -0.480. The minimum Gasteiger partial charge on any atom is -0.444 e. The van der Waals surface area contributed by atoms with E-state index >= 15 is 0 Å². The van der Waals surface area contributed by atoms with Crippen molar-refractivity contribution >= 4 is 6.09 Å². The number of ether oxygens (including phenoxy) is 1. The molecular weight excluding hydrogens is 184 g/mol. The Hall–Kier alpha value is -0.810. The van der Waals surface area contributed by atoms with E-state index in [1.54, 1.807) is 34.6 Å². The molecule has 0 rings (SSSR count). The lowest BCUT2D eigenvalue weighted by Crippen LogP contribution is -2.47. The van der Waals surface area contributed by atoms with Crippen LogP contribution in [0.4, 0.5) is 4.79 Å². The van der Waals surface area contributed by atoms with Gasteiger partial charge >= 0.3 is 6.09 Å². The fraction of sp³-hybridized carbons (Fsp3) is 0.889. The van der Waals surface area contributed by atoms with Gasteiger partial charge < -0.3 is 15.3 Å². The molecule has 5 nitrogen and oxygen atoms in total. The first-order valence-corrected chi connectivity index (χ1v) is 4.65. The van der Waals surface area contributed by atoms with Crippen LogP contribution in [0.1, 0.15) is 34.6 Å². The van der Waals surface area contributed by atoms with Gasteiger partial charge in [-0.3, -0.25) is 0 Å². The van der Waals surface area contributed by atoms with Crippen LogP contribution in [-0.4, -0.2) is 29.0 Å². The summed E-state index contributed by atoms with van der Waals surface area (Å²) in [5.41, 5.74) is 1.56. The third-order valence-electron chi connectivity index (χ3n) is 1.70. The molecule has 0 fully saturated rings. The van der Waals surface area contributed by atoms with E-state index in [1.165, 1.54) is 0 Å². The van der Waals surface area contributed by atoms with Crippen molar-refractivity contribution in [2.45, 2.75) is 52.3 Å². The lowest BCUT2D eigenvalue weighted by Gasteiger charge is -2.24. The van der Waals surface area contributed by atoms with E-state index in [-0.39, 0.29) is 12.1 Å². The Labute approximate surface area is 84.8 Å². The predicted molar refractivity (Wildman–Crippen MR) is 53.2 cm³/mol. The standard InChI is InChI=1S/C9H20N2O3/c1-6(7(2)11-13)10-8(12)14-9(3,4)5/h6-7,11,13H,1-5H3,(H,10,12). The zero-order valence-corrected chi connectivity index (χ0v) is 9.42. The fourth-order valence-electron chi connectivity index (χ4n) is 0.730. The van der Waals surface area contributed by atoms with E-state index in [4.69, 9.17) is 9.94 Å². The number of amides is 1. The Morgan fingerprint density at radius 3 is 2.14 bits per heavy atom. The van der Waals surface area contributed by atoms with Crippen LogP contribution in [0.3, 0.4) is 0 Å². The van der Waals surface area contributed by atoms with Gasteiger partial charge in [-0.1, -0.05) is 0 Å². The van der Waals surface area contributed by atoms with Gasteiger partial charge in [-0.15, -0.1) is 0 Å². The summed E-state index contributed by atoms with van der Waals surface area (Å²) in [5.74, 6) is 0. The molecule has 0 saturated carbocycles. The van der Waals surface area contributed by atoms with Crippen molar-refractivity contribution in [2.75, 3.05) is 0 Å². The first-order valence-electron chi connectivity index (χ1n) is 4.65. The summed E-state index contributed by atoms with van der Waals surface area (Å²) >= 11 is 0. The quantitative estimate of drug-likeness (QED) is 0.605. The molecule has 0 heterocycles. The highest BCUT2D eigenvalue weighted by atomic mass is 16.6. The summed E-state index contributed by atoms with van der Waals surface area (Å²) in [4.78, 5) is 11.2. The van der Waals surface area contributed by atoms with Crippen LogP contribution in [0.25, 0.3) is 0 Å². The Bertz CT molecular complexity index is 189. The molecule has 0 aliphatic heterocycles. The molecule has 0 spiro atoms. The zero-order chi connectivity index (χ0) is 11.4. The fourth-order valence-corrected chi connectivity index (χ4v) is 0.730. The molecule has 2 unspecified atom stereocenters. The van der Waals surface area contributed by atoms with Crippen LogP contribution in [0, 0.1) is 0 Å². The molecule has 0 aromatic rings. The highest BCUT2D eigenvalue weighted by molar-refractivity contribution is 5.68. The van der Waals surface area contributed by atoms with E-state index in [9.17, 15) is 4.79 Å². The number of nitrogens with one attached hydrogen (secondary N) is 2. The van der Waals surface area contributed by atoms with E-state index < -0.39 is 11.7 Å². The van der Waals surface area contributed by atoms with E-state index in [2.05, 4.69) is 10.8 Å². The van der Waals surface area contributed by atoms with Gasteiger partial charge in [-0.05, 0) is 34.6 Å². The van der Waals surface area contributed by atoms with Crippen LogP contribution < -0.4 is 10.8 Å². The minimum atomic E-state index is -0.500. The van der Waals surface area contributed by atoms with Crippen molar-refractivity contribution in [1.82, 2.24) is 10.8 Å². The van der Waals surface area contributed by atoms with Crippen molar-refractivity contribution in [3.8, 4) is 0 Å². The van der Waals surface area contributed by atoms with Crippen LogP contribution >= 0.6 is 0 Å². The summed E-state index contributed by atoms with van der Waals surface area (Å²) in [7, 11) is 0. The van der Waals surface area contributed by atoms with Gasteiger partial charge in [0.2, 0.25) is 0 Å². The van der Waals surface area contributed by atoms with Gasteiger partial charge in [0, 0.05) is 12.1 Å².